The SMILES string of the molecule is Cc1cccc(CS(=O)(=O)Nc2nc(C)c(C)s2)c1. The molecule has 0 unspecified atom stereocenters. The molecular formula is C13H16N2O2S2. The van der Waals surface area contributed by atoms with Crippen molar-refractivity contribution in [3.63, 3.8) is 0 Å². The Balaban J connectivity index is 2.15. The van der Waals surface area contributed by atoms with Crippen LogP contribution in [0.2, 0.25) is 0 Å². The molecule has 1 heterocycles. The Bertz CT molecular complexity index is 671. The van der Waals surface area contributed by atoms with Gasteiger partial charge in [0.05, 0.1) is 11.4 Å². The molecule has 0 fully saturated rings. The van der Waals surface area contributed by atoms with E-state index >= 15 is 0 Å². The fraction of sp³-hybridized carbons (Fsp3) is 0.308. The van der Waals surface area contributed by atoms with Crippen LogP contribution >= 0.6 is 11.3 Å². The van der Waals surface area contributed by atoms with E-state index < -0.39 is 10.0 Å². The first-order valence-electron chi connectivity index (χ1n) is 5.86. The standard InChI is InChI=1S/C13H16N2O2S2/c1-9-5-4-6-12(7-9)8-19(16,17)15-13-14-10(2)11(3)18-13/h4-7H,8H2,1-3H3,(H,14,15). The van der Waals surface area contributed by atoms with Crippen LogP contribution in [-0.4, -0.2) is 13.4 Å². The van der Waals surface area contributed by atoms with Crippen molar-refractivity contribution in [1.82, 2.24) is 4.98 Å². The van der Waals surface area contributed by atoms with Gasteiger partial charge < -0.3 is 0 Å². The Kier molecular flexibility index (Phi) is 3.91. The third-order valence-electron chi connectivity index (χ3n) is 2.71. The zero-order valence-corrected chi connectivity index (χ0v) is 12.7. The lowest BCUT2D eigenvalue weighted by molar-refractivity contribution is 0.600. The summed E-state index contributed by atoms with van der Waals surface area (Å²) in [5, 5.41) is 0.433. The Morgan fingerprint density at radius 3 is 2.58 bits per heavy atom. The molecule has 0 atom stereocenters. The summed E-state index contributed by atoms with van der Waals surface area (Å²) in [4.78, 5) is 5.20. The van der Waals surface area contributed by atoms with Crippen molar-refractivity contribution >= 4 is 26.5 Å². The molecule has 0 bridgehead atoms. The highest BCUT2D eigenvalue weighted by Crippen LogP contribution is 2.22. The minimum absolute atomic E-state index is 0.0354. The van der Waals surface area contributed by atoms with Crippen LogP contribution in [0.5, 0.6) is 0 Å². The number of hydrogen-bond acceptors (Lipinski definition) is 4. The first kappa shape index (κ1) is 14.0. The van der Waals surface area contributed by atoms with E-state index in [1.807, 2.05) is 45.0 Å². The first-order valence-corrected chi connectivity index (χ1v) is 8.33. The smallest absolute Gasteiger partial charge is 0.238 e. The number of aromatic nitrogens is 1. The largest absolute Gasteiger partial charge is 0.258 e. The topological polar surface area (TPSA) is 59.1 Å². The quantitative estimate of drug-likeness (QED) is 0.943. The van der Waals surface area contributed by atoms with Crippen LogP contribution in [-0.2, 0) is 15.8 Å². The predicted molar refractivity (Wildman–Crippen MR) is 79.0 cm³/mol. The highest BCUT2D eigenvalue weighted by atomic mass is 32.2. The number of nitrogens with zero attached hydrogens (tertiary/aromatic N) is 1. The van der Waals surface area contributed by atoms with E-state index in [1.165, 1.54) is 11.3 Å². The molecule has 0 saturated carbocycles. The van der Waals surface area contributed by atoms with E-state index in [1.54, 1.807) is 0 Å². The summed E-state index contributed by atoms with van der Waals surface area (Å²) in [6, 6.07) is 7.48. The molecule has 0 amide bonds. The van der Waals surface area contributed by atoms with Crippen LogP contribution < -0.4 is 4.72 Å². The van der Waals surface area contributed by atoms with Gasteiger partial charge in [-0.2, -0.15) is 0 Å². The summed E-state index contributed by atoms with van der Waals surface area (Å²) in [5.41, 5.74) is 2.68. The third kappa shape index (κ3) is 3.78. The maximum atomic E-state index is 12.1. The van der Waals surface area contributed by atoms with Crippen molar-refractivity contribution in [3.05, 3.63) is 46.0 Å². The van der Waals surface area contributed by atoms with Crippen LogP contribution in [0.1, 0.15) is 21.7 Å². The van der Waals surface area contributed by atoms with E-state index in [4.69, 9.17) is 0 Å². The number of rotatable bonds is 4. The molecule has 1 N–H and O–H groups in total. The van der Waals surface area contributed by atoms with Gasteiger partial charge in [-0.1, -0.05) is 29.8 Å². The zero-order chi connectivity index (χ0) is 14.0. The lowest BCUT2D eigenvalue weighted by Gasteiger charge is -2.05. The van der Waals surface area contributed by atoms with Crippen LogP contribution in [0.3, 0.4) is 0 Å². The second-order valence-corrected chi connectivity index (χ2v) is 7.44. The van der Waals surface area contributed by atoms with Crippen molar-refractivity contribution in [2.45, 2.75) is 26.5 Å². The monoisotopic (exact) mass is 296 g/mol. The molecule has 6 heteroatoms. The number of hydrogen-bond donors (Lipinski definition) is 1. The number of anilines is 1. The van der Waals surface area contributed by atoms with E-state index in [2.05, 4.69) is 9.71 Å². The van der Waals surface area contributed by atoms with E-state index in [-0.39, 0.29) is 5.75 Å². The average Bonchev–Trinajstić information content (AvgIpc) is 2.55. The van der Waals surface area contributed by atoms with Crippen molar-refractivity contribution in [3.8, 4) is 0 Å². The van der Waals surface area contributed by atoms with Gasteiger partial charge >= 0.3 is 0 Å². The number of nitrogens with one attached hydrogen (secondary N) is 1. The van der Waals surface area contributed by atoms with Gasteiger partial charge in [-0.3, -0.25) is 4.72 Å². The summed E-state index contributed by atoms with van der Waals surface area (Å²) in [7, 11) is -3.41. The summed E-state index contributed by atoms with van der Waals surface area (Å²) in [6.45, 7) is 5.73. The van der Waals surface area contributed by atoms with Crippen LogP contribution in [0.4, 0.5) is 5.13 Å². The van der Waals surface area contributed by atoms with E-state index in [0.717, 1.165) is 21.7 Å². The summed E-state index contributed by atoms with van der Waals surface area (Å²) >= 11 is 1.35. The minimum Gasteiger partial charge on any atom is -0.258 e. The van der Waals surface area contributed by atoms with Crippen LogP contribution in [0.15, 0.2) is 24.3 Å². The number of thiazole rings is 1. The normalized spacial score (nSPS) is 11.5. The molecule has 2 rings (SSSR count). The van der Waals surface area contributed by atoms with Gasteiger partial charge in [-0.25, -0.2) is 13.4 Å². The fourth-order valence-electron chi connectivity index (χ4n) is 1.71. The lowest BCUT2D eigenvalue weighted by Crippen LogP contribution is -2.15. The Labute approximate surface area is 117 Å². The molecule has 0 aliphatic heterocycles. The zero-order valence-electron chi connectivity index (χ0n) is 11.1. The number of benzene rings is 1. The molecule has 1 aromatic heterocycles. The minimum atomic E-state index is -3.41. The van der Waals surface area contributed by atoms with Gasteiger partial charge in [-0.05, 0) is 26.3 Å². The van der Waals surface area contributed by atoms with Gasteiger partial charge in [-0.15, -0.1) is 11.3 Å². The van der Waals surface area contributed by atoms with E-state index in [9.17, 15) is 8.42 Å². The summed E-state index contributed by atoms with van der Waals surface area (Å²) in [5.74, 6) is -0.0354. The van der Waals surface area contributed by atoms with Gasteiger partial charge in [0, 0.05) is 4.88 Å². The Morgan fingerprint density at radius 2 is 2.00 bits per heavy atom. The molecule has 0 aliphatic rings. The third-order valence-corrected chi connectivity index (χ3v) is 5.05. The number of aryl methyl sites for hydroxylation is 3. The Hall–Kier alpha value is -1.40. The van der Waals surface area contributed by atoms with Gasteiger partial charge in [0.1, 0.15) is 0 Å². The van der Waals surface area contributed by atoms with Crippen LogP contribution in [0.25, 0.3) is 0 Å². The molecular weight excluding hydrogens is 280 g/mol. The van der Waals surface area contributed by atoms with Crippen LogP contribution in [0, 0.1) is 20.8 Å². The maximum Gasteiger partial charge on any atom is 0.238 e. The van der Waals surface area contributed by atoms with Crippen molar-refractivity contribution in [1.29, 1.82) is 0 Å². The average molecular weight is 296 g/mol. The van der Waals surface area contributed by atoms with Crippen molar-refractivity contribution in [2.24, 2.45) is 0 Å². The van der Waals surface area contributed by atoms with E-state index in [0.29, 0.717) is 5.13 Å². The summed E-state index contributed by atoms with van der Waals surface area (Å²) in [6.07, 6.45) is 0. The highest BCUT2D eigenvalue weighted by Gasteiger charge is 2.14. The molecule has 19 heavy (non-hydrogen) atoms. The summed E-state index contributed by atoms with van der Waals surface area (Å²) < 4.78 is 26.6. The van der Waals surface area contributed by atoms with Crippen molar-refractivity contribution in [2.75, 3.05) is 4.72 Å². The maximum absolute atomic E-state index is 12.1. The first-order chi connectivity index (χ1) is 8.85. The molecule has 0 saturated heterocycles. The molecule has 102 valence electrons. The van der Waals surface area contributed by atoms with Gasteiger partial charge in [0.25, 0.3) is 0 Å². The highest BCUT2D eigenvalue weighted by molar-refractivity contribution is 7.92. The molecule has 4 nitrogen and oxygen atoms in total. The lowest BCUT2D eigenvalue weighted by atomic mass is 10.2. The second kappa shape index (κ2) is 5.30. The number of sulfonamides is 1. The Morgan fingerprint density at radius 1 is 1.26 bits per heavy atom. The second-order valence-electron chi connectivity index (χ2n) is 4.51. The molecule has 1 aromatic carbocycles. The predicted octanol–water partition coefficient (Wildman–Crippen LogP) is 3.01. The van der Waals surface area contributed by atoms with Gasteiger partial charge in [0.15, 0.2) is 5.13 Å². The molecule has 2 aromatic rings. The molecule has 0 radical (unpaired) electrons. The van der Waals surface area contributed by atoms with Gasteiger partial charge in [0.2, 0.25) is 10.0 Å². The van der Waals surface area contributed by atoms with Crippen molar-refractivity contribution < 1.29 is 8.42 Å². The molecule has 0 spiro atoms. The molecule has 0 aliphatic carbocycles. The fourth-order valence-corrected chi connectivity index (χ4v) is 3.92.